The van der Waals surface area contributed by atoms with E-state index in [1.165, 1.54) is 0 Å². The van der Waals surface area contributed by atoms with Crippen molar-refractivity contribution in [3.05, 3.63) is 54.1 Å². The van der Waals surface area contributed by atoms with Crippen LogP contribution in [0.1, 0.15) is 10.4 Å². The summed E-state index contributed by atoms with van der Waals surface area (Å²) in [7, 11) is 1.59. The van der Waals surface area contributed by atoms with Crippen LogP contribution in [0.25, 0.3) is 0 Å². The van der Waals surface area contributed by atoms with Crippen LogP contribution in [0.4, 0.5) is 17.1 Å². The summed E-state index contributed by atoms with van der Waals surface area (Å²) in [5.74, 6) is -0.145. The minimum atomic E-state index is -0.145. The fourth-order valence-electron chi connectivity index (χ4n) is 1.64. The van der Waals surface area contributed by atoms with Crippen LogP contribution in [0.5, 0.6) is 0 Å². The Morgan fingerprint density at radius 3 is 2.44 bits per heavy atom. The van der Waals surface area contributed by atoms with Gasteiger partial charge in [-0.1, -0.05) is 18.2 Å². The first kappa shape index (κ1) is 12.0. The van der Waals surface area contributed by atoms with Gasteiger partial charge in [-0.3, -0.25) is 4.79 Å². The molecule has 0 aromatic heterocycles. The van der Waals surface area contributed by atoms with E-state index in [1.807, 2.05) is 30.3 Å². The number of hydrogen-bond acceptors (Lipinski definition) is 3. The molecule has 0 saturated carbocycles. The number of para-hydroxylation sites is 1. The maximum absolute atomic E-state index is 11.4. The summed E-state index contributed by atoms with van der Waals surface area (Å²) in [5, 5.41) is 5.76. The molecule has 0 radical (unpaired) electrons. The molecule has 1 amide bonds. The van der Waals surface area contributed by atoms with Crippen molar-refractivity contribution in [2.45, 2.75) is 0 Å². The topological polar surface area (TPSA) is 67.2 Å². The Balaban J connectivity index is 2.23. The van der Waals surface area contributed by atoms with E-state index in [9.17, 15) is 4.79 Å². The number of nitrogens with one attached hydrogen (secondary N) is 2. The lowest BCUT2D eigenvalue weighted by Gasteiger charge is -2.10. The molecule has 4 N–H and O–H groups in total. The van der Waals surface area contributed by atoms with Gasteiger partial charge in [-0.15, -0.1) is 0 Å². The number of rotatable bonds is 3. The lowest BCUT2D eigenvalue weighted by Crippen LogP contribution is -2.17. The largest absolute Gasteiger partial charge is 0.397 e. The smallest absolute Gasteiger partial charge is 0.251 e. The van der Waals surface area contributed by atoms with Gasteiger partial charge in [0.15, 0.2) is 0 Å². The van der Waals surface area contributed by atoms with E-state index in [1.54, 1.807) is 25.2 Å². The van der Waals surface area contributed by atoms with Crippen LogP contribution in [-0.2, 0) is 0 Å². The van der Waals surface area contributed by atoms with Crippen LogP contribution in [0.2, 0.25) is 0 Å². The summed E-state index contributed by atoms with van der Waals surface area (Å²) in [6.07, 6.45) is 0. The van der Waals surface area contributed by atoms with E-state index in [-0.39, 0.29) is 5.91 Å². The van der Waals surface area contributed by atoms with Gasteiger partial charge >= 0.3 is 0 Å². The van der Waals surface area contributed by atoms with Crippen LogP contribution in [-0.4, -0.2) is 13.0 Å². The zero-order valence-electron chi connectivity index (χ0n) is 10.1. The number of nitrogens with two attached hydrogens (primary N) is 1. The Labute approximate surface area is 106 Å². The third-order valence-electron chi connectivity index (χ3n) is 2.59. The number of benzene rings is 2. The lowest BCUT2D eigenvalue weighted by atomic mass is 10.1. The van der Waals surface area contributed by atoms with Gasteiger partial charge in [-0.2, -0.15) is 0 Å². The molecule has 2 rings (SSSR count). The SMILES string of the molecule is CNC(=O)c1ccc(Nc2ccccc2)c(N)c1. The molecule has 2 aromatic carbocycles. The summed E-state index contributed by atoms with van der Waals surface area (Å²) >= 11 is 0. The fraction of sp³-hybridized carbons (Fsp3) is 0.0714. The highest BCUT2D eigenvalue weighted by molar-refractivity contribution is 5.96. The first-order valence-corrected chi connectivity index (χ1v) is 5.64. The van der Waals surface area contributed by atoms with Gasteiger partial charge in [0.05, 0.1) is 11.4 Å². The minimum absolute atomic E-state index is 0.145. The van der Waals surface area contributed by atoms with Crippen molar-refractivity contribution in [1.82, 2.24) is 5.32 Å². The molecule has 0 saturated heterocycles. The third-order valence-corrected chi connectivity index (χ3v) is 2.59. The van der Waals surface area contributed by atoms with Crippen molar-refractivity contribution in [2.75, 3.05) is 18.1 Å². The van der Waals surface area contributed by atoms with Crippen LogP contribution < -0.4 is 16.4 Å². The first-order chi connectivity index (χ1) is 8.70. The van der Waals surface area contributed by atoms with Gasteiger partial charge in [0.25, 0.3) is 5.91 Å². The van der Waals surface area contributed by atoms with E-state index in [2.05, 4.69) is 10.6 Å². The maximum Gasteiger partial charge on any atom is 0.251 e. The van der Waals surface area contributed by atoms with Gasteiger partial charge in [0.1, 0.15) is 0 Å². The Morgan fingerprint density at radius 1 is 1.11 bits per heavy atom. The second-order valence-corrected chi connectivity index (χ2v) is 3.87. The van der Waals surface area contributed by atoms with Crippen LogP contribution in [0, 0.1) is 0 Å². The van der Waals surface area contributed by atoms with E-state index in [4.69, 9.17) is 5.73 Å². The van der Waals surface area contributed by atoms with Crippen molar-refractivity contribution in [1.29, 1.82) is 0 Å². The molecule has 0 aliphatic carbocycles. The molecule has 4 nitrogen and oxygen atoms in total. The predicted molar refractivity (Wildman–Crippen MR) is 74.0 cm³/mol. The molecule has 0 aliphatic heterocycles. The Hall–Kier alpha value is -2.49. The summed E-state index contributed by atoms with van der Waals surface area (Å²) < 4.78 is 0. The predicted octanol–water partition coefficient (Wildman–Crippen LogP) is 2.37. The van der Waals surface area contributed by atoms with Gasteiger partial charge in [0, 0.05) is 18.3 Å². The number of amides is 1. The average molecular weight is 241 g/mol. The van der Waals surface area contributed by atoms with Gasteiger partial charge in [0.2, 0.25) is 0 Å². The van der Waals surface area contributed by atoms with E-state index < -0.39 is 0 Å². The lowest BCUT2D eigenvalue weighted by molar-refractivity contribution is 0.0963. The zero-order chi connectivity index (χ0) is 13.0. The number of carbonyl (C=O) groups is 1. The second-order valence-electron chi connectivity index (χ2n) is 3.87. The minimum Gasteiger partial charge on any atom is -0.397 e. The van der Waals surface area contributed by atoms with Crippen molar-refractivity contribution in [3.63, 3.8) is 0 Å². The summed E-state index contributed by atoms with van der Waals surface area (Å²) in [4.78, 5) is 11.4. The van der Waals surface area contributed by atoms with Gasteiger partial charge in [-0.25, -0.2) is 0 Å². The first-order valence-electron chi connectivity index (χ1n) is 5.64. The molecule has 18 heavy (non-hydrogen) atoms. The van der Waals surface area contributed by atoms with Crippen LogP contribution in [0.15, 0.2) is 48.5 Å². The quantitative estimate of drug-likeness (QED) is 0.723. The second kappa shape index (κ2) is 5.23. The number of hydrogen-bond donors (Lipinski definition) is 3. The number of carbonyl (C=O) groups excluding carboxylic acids is 1. The van der Waals surface area contributed by atoms with Gasteiger partial charge in [-0.05, 0) is 30.3 Å². The molecular formula is C14H15N3O. The Morgan fingerprint density at radius 2 is 1.83 bits per heavy atom. The number of anilines is 3. The molecule has 0 bridgehead atoms. The Kier molecular flexibility index (Phi) is 3.48. The standard InChI is InChI=1S/C14H15N3O/c1-16-14(18)10-7-8-13(12(15)9-10)17-11-5-3-2-4-6-11/h2-9,17H,15H2,1H3,(H,16,18). The van der Waals surface area contributed by atoms with Crippen LogP contribution >= 0.6 is 0 Å². The fourth-order valence-corrected chi connectivity index (χ4v) is 1.64. The molecule has 0 fully saturated rings. The summed E-state index contributed by atoms with van der Waals surface area (Å²) in [6.45, 7) is 0. The molecular weight excluding hydrogens is 226 g/mol. The molecule has 92 valence electrons. The van der Waals surface area contributed by atoms with Crippen molar-refractivity contribution in [3.8, 4) is 0 Å². The van der Waals surface area contributed by atoms with Crippen LogP contribution in [0.3, 0.4) is 0 Å². The third kappa shape index (κ3) is 2.60. The summed E-state index contributed by atoms with van der Waals surface area (Å²) in [5.41, 5.74) is 8.75. The van der Waals surface area contributed by atoms with E-state index in [0.29, 0.717) is 11.3 Å². The van der Waals surface area contributed by atoms with Crippen molar-refractivity contribution >= 4 is 23.0 Å². The highest BCUT2D eigenvalue weighted by Crippen LogP contribution is 2.23. The van der Waals surface area contributed by atoms with Gasteiger partial charge < -0.3 is 16.4 Å². The summed E-state index contributed by atoms with van der Waals surface area (Å²) in [6, 6.07) is 14.9. The van der Waals surface area contributed by atoms with Crippen molar-refractivity contribution in [2.24, 2.45) is 0 Å². The van der Waals surface area contributed by atoms with E-state index >= 15 is 0 Å². The Bertz CT molecular complexity index is 552. The normalized spacial score (nSPS) is 9.83. The molecule has 4 heteroatoms. The zero-order valence-corrected chi connectivity index (χ0v) is 10.1. The molecule has 0 atom stereocenters. The molecule has 0 spiro atoms. The van der Waals surface area contributed by atoms with E-state index in [0.717, 1.165) is 11.4 Å². The monoisotopic (exact) mass is 241 g/mol. The molecule has 2 aromatic rings. The maximum atomic E-state index is 11.4. The number of nitrogen functional groups attached to an aromatic ring is 1. The van der Waals surface area contributed by atoms with Crippen molar-refractivity contribution < 1.29 is 4.79 Å². The highest BCUT2D eigenvalue weighted by atomic mass is 16.1. The molecule has 0 unspecified atom stereocenters. The molecule has 0 aliphatic rings. The highest BCUT2D eigenvalue weighted by Gasteiger charge is 2.06. The average Bonchev–Trinajstić information content (AvgIpc) is 2.41. The molecule has 0 heterocycles.